The van der Waals surface area contributed by atoms with Crippen molar-refractivity contribution in [2.45, 2.75) is 57.7 Å². The van der Waals surface area contributed by atoms with Crippen molar-refractivity contribution in [3.8, 4) is 0 Å². The average molecular weight is 377 g/mol. The predicted molar refractivity (Wildman–Crippen MR) is 100 cm³/mol. The molecular formula is C16H32N4O4S. The van der Waals surface area contributed by atoms with Gasteiger partial charge in [-0.1, -0.05) is 20.3 Å². The van der Waals surface area contributed by atoms with Crippen molar-refractivity contribution < 1.29 is 19.5 Å². The summed E-state index contributed by atoms with van der Waals surface area (Å²) in [6, 6.07) is -2.52. The van der Waals surface area contributed by atoms with Crippen LogP contribution in [0.3, 0.4) is 0 Å². The second-order valence-corrected chi connectivity index (χ2v) is 7.29. The number of carbonyl (C=O) groups excluding carboxylic acids is 2. The summed E-state index contributed by atoms with van der Waals surface area (Å²) >= 11 is 1.50. The summed E-state index contributed by atoms with van der Waals surface area (Å²) in [5, 5.41) is 14.4. The molecule has 0 aliphatic rings. The van der Waals surface area contributed by atoms with Crippen LogP contribution in [0.4, 0.5) is 0 Å². The van der Waals surface area contributed by atoms with Gasteiger partial charge in [-0.25, -0.2) is 4.79 Å². The Labute approximate surface area is 153 Å². The van der Waals surface area contributed by atoms with E-state index in [9.17, 15) is 19.5 Å². The van der Waals surface area contributed by atoms with Crippen molar-refractivity contribution in [3.05, 3.63) is 0 Å². The molecule has 0 saturated carbocycles. The summed E-state index contributed by atoms with van der Waals surface area (Å²) < 4.78 is 0. The molecule has 0 aliphatic carbocycles. The number of amides is 2. The summed E-state index contributed by atoms with van der Waals surface area (Å²) in [5.74, 6) is -1.60. The molecule has 3 atom stereocenters. The maximum absolute atomic E-state index is 12.4. The van der Waals surface area contributed by atoms with Crippen molar-refractivity contribution in [1.29, 1.82) is 0 Å². The Hall–Kier alpha value is -1.32. The fourth-order valence-electron chi connectivity index (χ4n) is 2.19. The molecule has 0 aromatic rings. The van der Waals surface area contributed by atoms with Crippen molar-refractivity contribution in [2.24, 2.45) is 17.4 Å². The molecule has 0 aromatic heterocycles. The molecule has 0 rings (SSSR count). The lowest BCUT2D eigenvalue weighted by Crippen LogP contribution is -2.56. The molecule has 25 heavy (non-hydrogen) atoms. The number of unbranched alkanes of at least 4 members (excludes halogenated alkanes) is 1. The predicted octanol–water partition coefficient (Wildman–Crippen LogP) is -0.0940. The van der Waals surface area contributed by atoms with E-state index < -0.39 is 35.9 Å². The zero-order chi connectivity index (χ0) is 19.4. The SMILES string of the molecule is CSCC[C@H](NC(=O)[C@@H](NC(=O)[C@@H](N)CCCCN)C(C)C)C(=O)O. The number of rotatable bonds is 13. The van der Waals surface area contributed by atoms with Crippen LogP contribution in [0.1, 0.15) is 39.5 Å². The third-order valence-electron chi connectivity index (χ3n) is 3.78. The third-order valence-corrected chi connectivity index (χ3v) is 4.42. The fraction of sp³-hybridized carbons (Fsp3) is 0.812. The molecule has 0 unspecified atom stereocenters. The van der Waals surface area contributed by atoms with E-state index in [0.717, 1.165) is 12.8 Å². The molecule has 7 N–H and O–H groups in total. The topological polar surface area (TPSA) is 148 Å². The van der Waals surface area contributed by atoms with E-state index in [-0.39, 0.29) is 5.92 Å². The van der Waals surface area contributed by atoms with Gasteiger partial charge in [0.25, 0.3) is 0 Å². The minimum atomic E-state index is -1.09. The Morgan fingerprint density at radius 3 is 2.20 bits per heavy atom. The monoisotopic (exact) mass is 376 g/mol. The van der Waals surface area contributed by atoms with E-state index in [1.807, 2.05) is 6.26 Å². The van der Waals surface area contributed by atoms with E-state index >= 15 is 0 Å². The van der Waals surface area contributed by atoms with Crippen LogP contribution < -0.4 is 22.1 Å². The normalized spacial score (nSPS) is 14.6. The van der Waals surface area contributed by atoms with Gasteiger partial charge in [0.2, 0.25) is 11.8 Å². The van der Waals surface area contributed by atoms with Gasteiger partial charge in [-0.15, -0.1) is 0 Å². The van der Waals surface area contributed by atoms with Gasteiger partial charge in [0, 0.05) is 0 Å². The summed E-state index contributed by atoms with van der Waals surface area (Å²) in [6.45, 7) is 4.10. The Kier molecular flexibility index (Phi) is 12.3. The highest BCUT2D eigenvalue weighted by Gasteiger charge is 2.29. The van der Waals surface area contributed by atoms with Gasteiger partial charge in [-0.3, -0.25) is 9.59 Å². The van der Waals surface area contributed by atoms with Crippen LogP contribution in [0.15, 0.2) is 0 Å². The van der Waals surface area contributed by atoms with Gasteiger partial charge in [-0.2, -0.15) is 11.8 Å². The number of thioether (sulfide) groups is 1. The third kappa shape index (κ3) is 9.66. The number of nitrogens with two attached hydrogens (primary N) is 2. The van der Waals surface area contributed by atoms with Crippen LogP contribution >= 0.6 is 11.8 Å². The summed E-state index contributed by atoms with van der Waals surface area (Å²) in [7, 11) is 0. The molecule has 0 bridgehead atoms. The standard InChI is InChI=1S/C16H32N4O4S/c1-10(2)13(20-14(21)11(18)6-4-5-8-17)15(22)19-12(16(23)24)7-9-25-3/h10-13H,4-9,17-18H2,1-3H3,(H,19,22)(H,20,21)(H,23,24)/t11-,12-,13-/m0/s1. The number of carboxylic acid groups (broad SMARTS) is 1. The number of hydrogen-bond donors (Lipinski definition) is 5. The molecule has 0 spiro atoms. The van der Waals surface area contributed by atoms with Gasteiger partial charge < -0.3 is 27.2 Å². The molecular weight excluding hydrogens is 344 g/mol. The van der Waals surface area contributed by atoms with E-state index in [1.165, 1.54) is 11.8 Å². The molecule has 9 heteroatoms. The number of hydrogen-bond acceptors (Lipinski definition) is 6. The first-order valence-electron chi connectivity index (χ1n) is 8.52. The number of aliphatic carboxylic acids is 1. The van der Waals surface area contributed by atoms with E-state index in [0.29, 0.717) is 25.1 Å². The molecule has 2 amide bonds. The molecule has 8 nitrogen and oxygen atoms in total. The maximum Gasteiger partial charge on any atom is 0.326 e. The van der Waals surface area contributed by atoms with E-state index in [1.54, 1.807) is 13.8 Å². The van der Waals surface area contributed by atoms with E-state index in [4.69, 9.17) is 11.5 Å². The highest BCUT2D eigenvalue weighted by molar-refractivity contribution is 7.98. The lowest BCUT2D eigenvalue weighted by Gasteiger charge is -2.25. The van der Waals surface area contributed by atoms with Crippen LogP contribution in [0.25, 0.3) is 0 Å². The van der Waals surface area contributed by atoms with Crippen LogP contribution in [0, 0.1) is 5.92 Å². The molecule has 0 fully saturated rings. The second kappa shape index (κ2) is 13.0. The quantitative estimate of drug-likeness (QED) is 0.282. The molecule has 0 saturated heterocycles. The Bertz CT molecular complexity index is 434. The second-order valence-electron chi connectivity index (χ2n) is 6.30. The van der Waals surface area contributed by atoms with Crippen LogP contribution in [0.2, 0.25) is 0 Å². The molecule has 146 valence electrons. The van der Waals surface area contributed by atoms with Crippen LogP contribution in [0.5, 0.6) is 0 Å². The van der Waals surface area contributed by atoms with E-state index in [2.05, 4.69) is 10.6 Å². The van der Waals surface area contributed by atoms with Crippen LogP contribution in [-0.2, 0) is 14.4 Å². The van der Waals surface area contributed by atoms with Crippen molar-refractivity contribution in [2.75, 3.05) is 18.6 Å². The molecule has 0 heterocycles. The summed E-state index contributed by atoms with van der Waals surface area (Å²) in [4.78, 5) is 35.9. The number of carboxylic acids is 1. The Morgan fingerprint density at radius 2 is 1.72 bits per heavy atom. The highest BCUT2D eigenvalue weighted by atomic mass is 32.2. The largest absolute Gasteiger partial charge is 0.480 e. The minimum Gasteiger partial charge on any atom is -0.480 e. The van der Waals surface area contributed by atoms with Gasteiger partial charge in [-0.05, 0) is 43.7 Å². The molecule has 0 radical (unpaired) electrons. The Balaban J connectivity index is 4.77. The zero-order valence-corrected chi connectivity index (χ0v) is 16.1. The lowest BCUT2D eigenvalue weighted by atomic mass is 10.0. The van der Waals surface area contributed by atoms with Crippen molar-refractivity contribution in [3.63, 3.8) is 0 Å². The molecule has 0 aliphatic heterocycles. The highest BCUT2D eigenvalue weighted by Crippen LogP contribution is 2.07. The molecule has 0 aromatic carbocycles. The van der Waals surface area contributed by atoms with Gasteiger partial charge in [0.1, 0.15) is 12.1 Å². The Morgan fingerprint density at radius 1 is 1.08 bits per heavy atom. The fourth-order valence-corrected chi connectivity index (χ4v) is 2.66. The van der Waals surface area contributed by atoms with Gasteiger partial charge in [0.05, 0.1) is 6.04 Å². The summed E-state index contributed by atoms with van der Waals surface area (Å²) in [5.41, 5.74) is 11.3. The van der Waals surface area contributed by atoms with Gasteiger partial charge in [0.15, 0.2) is 0 Å². The first kappa shape index (κ1) is 23.7. The minimum absolute atomic E-state index is 0.199. The number of carbonyl (C=O) groups is 3. The smallest absolute Gasteiger partial charge is 0.326 e. The number of nitrogens with one attached hydrogen (secondary N) is 2. The zero-order valence-electron chi connectivity index (χ0n) is 15.3. The first-order chi connectivity index (χ1) is 11.7. The lowest BCUT2D eigenvalue weighted by molar-refractivity contribution is -0.142. The summed E-state index contributed by atoms with van der Waals surface area (Å²) in [6.07, 6.45) is 4.19. The average Bonchev–Trinajstić information content (AvgIpc) is 2.55. The van der Waals surface area contributed by atoms with Gasteiger partial charge >= 0.3 is 5.97 Å². The first-order valence-corrected chi connectivity index (χ1v) is 9.92. The van der Waals surface area contributed by atoms with Crippen molar-refractivity contribution in [1.82, 2.24) is 10.6 Å². The van der Waals surface area contributed by atoms with Crippen molar-refractivity contribution >= 4 is 29.5 Å². The van der Waals surface area contributed by atoms with Crippen LogP contribution in [-0.4, -0.2) is 59.6 Å². The maximum atomic E-state index is 12.4.